The summed E-state index contributed by atoms with van der Waals surface area (Å²) >= 11 is 6.03. The van der Waals surface area contributed by atoms with E-state index in [0.29, 0.717) is 19.8 Å². The fraction of sp³-hybridized carbons (Fsp3) is 0.316. The molecule has 0 aromatic heterocycles. The Balaban J connectivity index is 1.65. The molecule has 0 saturated carbocycles. The van der Waals surface area contributed by atoms with E-state index < -0.39 is 0 Å². The van der Waals surface area contributed by atoms with Gasteiger partial charge in [0.25, 0.3) is 0 Å². The predicted molar refractivity (Wildman–Crippen MR) is 94.5 cm³/mol. The number of fused-ring (bicyclic) bond motifs is 1. The molecule has 24 heavy (non-hydrogen) atoms. The van der Waals surface area contributed by atoms with Crippen LogP contribution in [0.5, 0.6) is 0 Å². The molecule has 0 radical (unpaired) electrons. The lowest BCUT2D eigenvalue weighted by Crippen LogP contribution is -2.39. The summed E-state index contributed by atoms with van der Waals surface area (Å²) in [5.41, 5.74) is 4.49. The highest BCUT2D eigenvalue weighted by Crippen LogP contribution is 2.24. The van der Waals surface area contributed by atoms with Crippen molar-refractivity contribution in [2.45, 2.75) is 12.6 Å². The van der Waals surface area contributed by atoms with E-state index in [1.807, 2.05) is 24.3 Å². The van der Waals surface area contributed by atoms with Crippen molar-refractivity contribution in [2.75, 3.05) is 26.4 Å². The lowest BCUT2D eigenvalue weighted by Gasteiger charge is -2.32. The van der Waals surface area contributed by atoms with Crippen molar-refractivity contribution >= 4 is 17.3 Å². The zero-order chi connectivity index (χ0) is 16.4. The van der Waals surface area contributed by atoms with Gasteiger partial charge in [-0.05, 0) is 17.7 Å². The molecular weight excluding hydrogens is 324 g/mol. The van der Waals surface area contributed by atoms with Gasteiger partial charge >= 0.3 is 0 Å². The second-order valence-electron chi connectivity index (χ2n) is 6.03. The molecule has 1 saturated heterocycles. The molecule has 5 heteroatoms. The van der Waals surface area contributed by atoms with E-state index in [1.165, 1.54) is 11.1 Å². The van der Waals surface area contributed by atoms with E-state index in [9.17, 15) is 0 Å². The molecule has 0 amide bonds. The largest absolute Gasteiger partial charge is 0.376 e. The Kier molecular flexibility index (Phi) is 4.52. The number of rotatable bonds is 3. The quantitative estimate of drug-likeness (QED) is 0.858. The van der Waals surface area contributed by atoms with Gasteiger partial charge < -0.3 is 9.47 Å². The molecule has 4 rings (SSSR count). The van der Waals surface area contributed by atoms with Gasteiger partial charge in [0.05, 0.1) is 38.6 Å². The second-order valence-corrected chi connectivity index (χ2v) is 6.46. The maximum Gasteiger partial charge on any atom is 0.100 e. The average molecular weight is 343 g/mol. The van der Waals surface area contributed by atoms with E-state index in [1.54, 1.807) is 0 Å². The third-order valence-corrected chi connectivity index (χ3v) is 4.54. The summed E-state index contributed by atoms with van der Waals surface area (Å²) in [5, 5.41) is 7.69. The highest BCUT2D eigenvalue weighted by atomic mass is 35.5. The van der Waals surface area contributed by atoms with Crippen molar-refractivity contribution in [2.24, 2.45) is 5.10 Å². The summed E-state index contributed by atoms with van der Waals surface area (Å²) in [5.74, 6) is 0. The number of ether oxygens (including phenoxy) is 2. The minimum Gasteiger partial charge on any atom is -0.376 e. The standard InChI is InChI=1S/C19H19ClN2O2/c20-16-7-5-14(6-8-16)19-18-4-2-1-3-15(18)11-22(21-19)12-17-13-23-9-10-24-17/h1-8,17H,9-13H2/t17-/m0/s1. The highest BCUT2D eigenvalue weighted by molar-refractivity contribution is 6.30. The lowest BCUT2D eigenvalue weighted by molar-refractivity contribution is -0.0982. The Labute approximate surface area is 146 Å². The zero-order valence-corrected chi connectivity index (χ0v) is 14.1. The first-order valence-corrected chi connectivity index (χ1v) is 8.54. The van der Waals surface area contributed by atoms with Crippen LogP contribution in [-0.2, 0) is 16.0 Å². The Bertz CT molecular complexity index is 739. The Morgan fingerprint density at radius 2 is 1.92 bits per heavy atom. The third kappa shape index (κ3) is 3.31. The van der Waals surface area contributed by atoms with Crippen LogP contribution in [0, 0.1) is 0 Å². The SMILES string of the molecule is Clc1ccc(C2=NN(C[C@H]3COCCO3)Cc3ccccc32)cc1. The molecular formula is C19H19ClN2O2. The summed E-state index contributed by atoms with van der Waals surface area (Å²) in [6, 6.07) is 16.2. The number of hydrazone groups is 1. The van der Waals surface area contributed by atoms with Crippen LogP contribution in [0.2, 0.25) is 5.02 Å². The minimum absolute atomic E-state index is 0.0687. The smallest absolute Gasteiger partial charge is 0.100 e. The van der Waals surface area contributed by atoms with Crippen LogP contribution in [-0.4, -0.2) is 43.2 Å². The van der Waals surface area contributed by atoms with Crippen LogP contribution < -0.4 is 0 Å². The van der Waals surface area contributed by atoms with Gasteiger partial charge in [-0.1, -0.05) is 48.0 Å². The molecule has 1 fully saturated rings. The van der Waals surface area contributed by atoms with E-state index >= 15 is 0 Å². The van der Waals surface area contributed by atoms with Crippen LogP contribution in [0.4, 0.5) is 0 Å². The van der Waals surface area contributed by atoms with E-state index in [4.69, 9.17) is 26.2 Å². The minimum atomic E-state index is 0.0687. The van der Waals surface area contributed by atoms with Crippen LogP contribution in [0.1, 0.15) is 16.7 Å². The molecule has 2 aromatic rings. The summed E-state index contributed by atoms with van der Waals surface area (Å²) in [6.07, 6.45) is 0.0687. The monoisotopic (exact) mass is 342 g/mol. The predicted octanol–water partition coefficient (Wildman–Crippen LogP) is 3.32. The average Bonchev–Trinajstić information content (AvgIpc) is 2.63. The lowest BCUT2D eigenvalue weighted by atomic mass is 9.96. The molecule has 124 valence electrons. The van der Waals surface area contributed by atoms with Crippen LogP contribution >= 0.6 is 11.6 Å². The highest BCUT2D eigenvalue weighted by Gasteiger charge is 2.23. The first-order valence-electron chi connectivity index (χ1n) is 8.17. The molecule has 0 spiro atoms. The summed E-state index contributed by atoms with van der Waals surface area (Å²) < 4.78 is 11.3. The fourth-order valence-electron chi connectivity index (χ4n) is 3.12. The van der Waals surface area contributed by atoms with Crippen molar-refractivity contribution in [1.82, 2.24) is 5.01 Å². The number of nitrogens with zero attached hydrogens (tertiary/aromatic N) is 2. The Morgan fingerprint density at radius 3 is 2.71 bits per heavy atom. The van der Waals surface area contributed by atoms with Crippen molar-refractivity contribution in [1.29, 1.82) is 0 Å². The Hall–Kier alpha value is -1.88. The Morgan fingerprint density at radius 1 is 1.08 bits per heavy atom. The molecule has 0 aliphatic carbocycles. The van der Waals surface area contributed by atoms with Gasteiger partial charge in [-0.3, -0.25) is 5.01 Å². The summed E-state index contributed by atoms with van der Waals surface area (Å²) in [7, 11) is 0. The maximum absolute atomic E-state index is 6.03. The van der Waals surface area contributed by atoms with Gasteiger partial charge in [-0.15, -0.1) is 0 Å². The van der Waals surface area contributed by atoms with Gasteiger partial charge in [-0.2, -0.15) is 5.10 Å². The topological polar surface area (TPSA) is 34.1 Å². The normalized spacial score (nSPS) is 20.5. The molecule has 4 nitrogen and oxygen atoms in total. The molecule has 0 bridgehead atoms. The molecule has 1 atom stereocenters. The van der Waals surface area contributed by atoms with Crippen LogP contribution in [0.3, 0.4) is 0 Å². The zero-order valence-electron chi connectivity index (χ0n) is 13.3. The molecule has 2 heterocycles. The molecule has 0 N–H and O–H groups in total. The van der Waals surface area contributed by atoms with E-state index in [-0.39, 0.29) is 6.10 Å². The van der Waals surface area contributed by atoms with Gasteiger partial charge in [-0.25, -0.2) is 0 Å². The number of benzene rings is 2. The third-order valence-electron chi connectivity index (χ3n) is 4.28. The maximum atomic E-state index is 6.03. The fourth-order valence-corrected chi connectivity index (χ4v) is 3.25. The summed E-state index contributed by atoms with van der Waals surface area (Å²) in [6.45, 7) is 3.48. The number of halogens is 1. The number of hydrogen-bond donors (Lipinski definition) is 0. The van der Waals surface area contributed by atoms with E-state index in [2.05, 4.69) is 29.3 Å². The van der Waals surface area contributed by atoms with Crippen molar-refractivity contribution < 1.29 is 9.47 Å². The molecule has 2 aromatic carbocycles. The van der Waals surface area contributed by atoms with Gasteiger partial charge in [0.15, 0.2) is 0 Å². The van der Waals surface area contributed by atoms with Crippen LogP contribution in [0.15, 0.2) is 53.6 Å². The van der Waals surface area contributed by atoms with E-state index in [0.717, 1.165) is 29.4 Å². The number of hydrogen-bond acceptors (Lipinski definition) is 4. The van der Waals surface area contributed by atoms with Crippen molar-refractivity contribution in [3.63, 3.8) is 0 Å². The van der Waals surface area contributed by atoms with Crippen molar-refractivity contribution in [3.8, 4) is 0 Å². The molecule has 2 aliphatic rings. The molecule has 0 unspecified atom stereocenters. The summed E-state index contributed by atoms with van der Waals surface area (Å²) in [4.78, 5) is 0. The van der Waals surface area contributed by atoms with Gasteiger partial charge in [0, 0.05) is 16.1 Å². The second kappa shape index (κ2) is 6.93. The van der Waals surface area contributed by atoms with Crippen molar-refractivity contribution in [3.05, 3.63) is 70.2 Å². The first kappa shape index (κ1) is 15.6. The first-order chi connectivity index (χ1) is 11.8. The molecule has 2 aliphatic heterocycles. The van der Waals surface area contributed by atoms with Gasteiger partial charge in [0.2, 0.25) is 0 Å². The van der Waals surface area contributed by atoms with Crippen LogP contribution in [0.25, 0.3) is 0 Å². The van der Waals surface area contributed by atoms with Gasteiger partial charge in [0.1, 0.15) is 6.10 Å².